The Kier molecular flexibility index (Phi) is 4.21. The zero-order chi connectivity index (χ0) is 11.9. The summed E-state index contributed by atoms with van der Waals surface area (Å²) in [7, 11) is 0. The largest absolute Gasteiger partial charge is 0.308 e. The van der Waals surface area contributed by atoms with Crippen LogP contribution in [0.3, 0.4) is 0 Å². The van der Waals surface area contributed by atoms with E-state index in [9.17, 15) is 0 Å². The van der Waals surface area contributed by atoms with Gasteiger partial charge in [-0.25, -0.2) is 0 Å². The summed E-state index contributed by atoms with van der Waals surface area (Å²) in [6.07, 6.45) is 7.40. The summed E-state index contributed by atoms with van der Waals surface area (Å²) < 4.78 is 0. The minimum atomic E-state index is 0.205. The molecule has 1 atom stereocenters. The molecule has 2 rings (SSSR count). The van der Waals surface area contributed by atoms with Gasteiger partial charge in [-0.1, -0.05) is 6.92 Å². The lowest BCUT2D eigenvalue weighted by Gasteiger charge is -2.15. The maximum atomic E-state index is 4.15. The fourth-order valence-electron chi connectivity index (χ4n) is 1.73. The Morgan fingerprint density at radius 1 is 1.35 bits per heavy atom. The Morgan fingerprint density at radius 2 is 2.18 bits per heavy atom. The number of pyridine rings is 1. The summed E-state index contributed by atoms with van der Waals surface area (Å²) in [6.45, 7) is 3.13. The molecule has 2 aromatic heterocycles. The van der Waals surface area contributed by atoms with Gasteiger partial charge in [0.1, 0.15) is 0 Å². The quantitative estimate of drug-likeness (QED) is 0.790. The molecule has 0 aliphatic carbocycles. The van der Waals surface area contributed by atoms with Gasteiger partial charge in [0.05, 0.1) is 17.9 Å². The smallest absolute Gasteiger partial charge is 0.0997 e. The SMILES string of the molecule is CCCNC(Cc1ccncc1)c1cn[nH]n1. The molecule has 2 heterocycles. The van der Waals surface area contributed by atoms with Crippen LogP contribution in [0.4, 0.5) is 0 Å². The van der Waals surface area contributed by atoms with Crippen molar-refractivity contribution in [3.8, 4) is 0 Å². The highest BCUT2D eigenvalue weighted by Crippen LogP contribution is 2.14. The third-order valence-corrected chi connectivity index (χ3v) is 2.62. The molecule has 0 aliphatic rings. The van der Waals surface area contributed by atoms with Crippen LogP contribution in [-0.4, -0.2) is 26.9 Å². The lowest BCUT2D eigenvalue weighted by molar-refractivity contribution is 0.516. The topological polar surface area (TPSA) is 66.5 Å². The zero-order valence-electron chi connectivity index (χ0n) is 9.93. The molecular formula is C12H17N5. The number of aromatic amines is 1. The van der Waals surface area contributed by atoms with Gasteiger partial charge >= 0.3 is 0 Å². The van der Waals surface area contributed by atoms with Gasteiger partial charge in [0.15, 0.2) is 0 Å². The number of nitrogens with zero attached hydrogens (tertiary/aromatic N) is 3. The molecule has 0 saturated carbocycles. The molecule has 0 spiro atoms. The number of rotatable bonds is 6. The molecule has 0 bridgehead atoms. The lowest BCUT2D eigenvalue weighted by Crippen LogP contribution is -2.24. The molecule has 1 unspecified atom stereocenters. The third-order valence-electron chi connectivity index (χ3n) is 2.62. The van der Waals surface area contributed by atoms with Gasteiger partial charge in [0, 0.05) is 12.4 Å². The van der Waals surface area contributed by atoms with Gasteiger partial charge in [0.2, 0.25) is 0 Å². The van der Waals surface area contributed by atoms with Crippen LogP contribution in [0.15, 0.2) is 30.7 Å². The van der Waals surface area contributed by atoms with Crippen LogP contribution in [0, 0.1) is 0 Å². The van der Waals surface area contributed by atoms with E-state index in [0.717, 1.165) is 25.1 Å². The fourth-order valence-corrected chi connectivity index (χ4v) is 1.73. The zero-order valence-corrected chi connectivity index (χ0v) is 9.93. The van der Waals surface area contributed by atoms with Crippen molar-refractivity contribution in [2.24, 2.45) is 0 Å². The Morgan fingerprint density at radius 3 is 2.82 bits per heavy atom. The van der Waals surface area contributed by atoms with Crippen LogP contribution in [0.25, 0.3) is 0 Å². The molecule has 0 radical (unpaired) electrons. The van der Waals surface area contributed by atoms with Crippen molar-refractivity contribution in [1.82, 2.24) is 25.7 Å². The second kappa shape index (κ2) is 6.10. The van der Waals surface area contributed by atoms with Crippen LogP contribution < -0.4 is 5.32 Å². The highest BCUT2D eigenvalue weighted by atomic mass is 15.3. The number of nitrogens with one attached hydrogen (secondary N) is 2. The molecule has 0 amide bonds. The molecule has 90 valence electrons. The minimum absolute atomic E-state index is 0.205. The van der Waals surface area contributed by atoms with Crippen molar-refractivity contribution in [1.29, 1.82) is 0 Å². The first-order valence-electron chi connectivity index (χ1n) is 5.88. The average molecular weight is 231 g/mol. The normalized spacial score (nSPS) is 12.5. The Balaban J connectivity index is 2.06. The van der Waals surface area contributed by atoms with Crippen molar-refractivity contribution in [2.45, 2.75) is 25.8 Å². The molecule has 5 nitrogen and oxygen atoms in total. The van der Waals surface area contributed by atoms with E-state index >= 15 is 0 Å². The van der Waals surface area contributed by atoms with E-state index < -0.39 is 0 Å². The van der Waals surface area contributed by atoms with E-state index in [1.54, 1.807) is 6.20 Å². The van der Waals surface area contributed by atoms with Crippen molar-refractivity contribution < 1.29 is 0 Å². The van der Waals surface area contributed by atoms with Crippen LogP contribution in [-0.2, 0) is 6.42 Å². The molecule has 2 aromatic rings. The number of hydrogen-bond acceptors (Lipinski definition) is 4. The van der Waals surface area contributed by atoms with Gasteiger partial charge in [0.25, 0.3) is 0 Å². The number of aromatic nitrogens is 4. The standard InChI is InChI=1S/C12H17N5/c1-2-5-14-11(12-9-15-17-16-12)8-10-3-6-13-7-4-10/h3-4,6-7,9,11,14H,2,5,8H2,1H3,(H,15,16,17). The summed E-state index contributed by atoms with van der Waals surface area (Å²) >= 11 is 0. The molecular weight excluding hydrogens is 214 g/mol. The third kappa shape index (κ3) is 3.35. The predicted molar refractivity (Wildman–Crippen MR) is 65.4 cm³/mol. The number of H-pyrrole nitrogens is 1. The molecule has 0 saturated heterocycles. The van der Waals surface area contributed by atoms with Crippen molar-refractivity contribution in [3.63, 3.8) is 0 Å². The predicted octanol–water partition coefficient (Wildman–Crippen LogP) is 1.48. The van der Waals surface area contributed by atoms with E-state index in [-0.39, 0.29) is 6.04 Å². The molecule has 0 aliphatic heterocycles. The van der Waals surface area contributed by atoms with Crippen LogP contribution in [0.2, 0.25) is 0 Å². The van der Waals surface area contributed by atoms with Gasteiger partial charge in [-0.2, -0.15) is 15.4 Å². The van der Waals surface area contributed by atoms with E-state index in [2.05, 4.69) is 32.6 Å². The van der Waals surface area contributed by atoms with Crippen LogP contribution in [0.5, 0.6) is 0 Å². The first-order chi connectivity index (χ1) is 8.40. The second-order valence-corrected chi connectivity index (χ2v) is 3.96. The Labute approximate surface area is 101 Å². The van der Waals surface area contributed by atoms with Gasteiger partial charge in [-0.3, -0.25) is 4.98 Å². The maximum absolute atomic E-state index is 4.15. The van der Waals surface area contributed by atoms with Crippen LogP contribution in [0.1, 0.15) is 30.6 Å². The average Bonchev–Trinajstić information content (AvgIpc) is 2.89. The van der Waals surface area contributed by atoms with E-state index in [0.29, 0.717) is 0 Å². The summed E-state index contributed by atoms with van der Waals surface area (Å²) in [5.74, 6) is 0. The summed E-state index contributed by atoms with van der Waals surface area (Å²) in [5, 5.41) is 14.2. The molecule has 5 heteroatoms. The molecule has 0 aromatic carbocycles. The van der Waals surface area contributed by atoms with Crippen LogP contribution >= 0.6 is 0 Å². The summed E-state index contributed by atoms with van der Waals surface area (Å²) in [5.41, 5.74) is 2.20. The van der Waals surface area contributed by atoms with E-state index in [4.69, 9.17) is 0 Å². The van der Waals surface area contributed by atoms with E-state index in [1.165, 1.54) is 5.56 Å². The first-order valence-corrected chi connectivity index (χ1v) is 5.88. The Bertz CT molecular complexity index is 412. The Hall–Kier alpha value is -1.75. The van der Waals surface area contributed by atoms with Gasteiger partial charge in [-0.05, 0) is 37.1 Å². The van der Waals surface area contributed by atoms with Crippen molar-refractivity contribution in [2.75, 3.05) is 6.54 Å². The maximum Gasteiger partial charge on any atom is 0.0997 e. The van der Waals surface area contributed by atoms with Crippen molar-refractivity contribution >= 4 is 0 Å². The minimum Gasteiger partial charge on any atom is -0.308 e. The van der Waals surface area contributed by atoms with E-state index in [1.807, 2.05) is 24.5 Å². The highest BCUT2D eigenvalue weighted by molar-refractivity contribution is 5.14. The lowest BCUT2D eigenvalue weighted by atomic mass is 10.0. The second-order valence-electron chi connectivity index (χ2n) is 3.96. The molecule has 2 N–H and O–H groups in total. The van der Waals surface area contributed by atoms with Gasteiger partial charge in [-0.15, -0.1) is 0 Å². The summed E-state index contributed by atoms with van der Waals surface area (Å²) in [4.78, 5) is 4.02. The fraction of sp³-hybridized carbons (Fsp3) is 0.417. The highest BCUT2D eigenvalue weighted by Gasteiger charge is 2.13. The van der Waals surface area contributed by atoms with Gasteiger partial charge < -0.3 is 5.32 Å². The molecule has 17 heavy (non-hydrogen) atoms. The first kappa shape index (κ1) is 11.7. The van der Waals surface area contributed by atoms with Crippen molar-refractivity contribution in [3.05, 3.63) is 42.0 Å². The monoisotopic (exact) mass is 231 g/mol. The molecule has 0 fully saturated rings. The summed E-state index contributed by atoms with van der Waals surface area (Å²) in [6, 6.07) is 4.26. The number of hydrogen-bond donors (Lipinski definition) is 2.